The first-order valence-corrected chi connectivity index (χ1v) is 9.10. The van der Waals surface area contributed by atoms with E-state index in [0.717, 1.165) is 11.3 Å². The van der Waals surface area contributed by atoms with Crippen molar-refractivity contribution in [2.45, 2.75) is 31.8 Å². The molecule has 4 rings (SSSR count). The standard InChI is InChI=1S/C21H21N3O4/c1-21(12-11-14-7-9-15(27-2)10-8-14)19(25)24(20(26)23-21)13-18-22-16-5-3-4-6-17(16)28-18/h3-10H,11-13H2,1-2H3,(H,23,26)/t21-/m0/s1. The Hall–Kier alpha value is -3.35. The third-order valence-electron chi connectivity index (χ3n) is 5.05. The van der Waals surface area contributed by atoms with Gasteiger partial charge in [0.2, 0.25) is 5.89 Å². The number of aromatic nitrogens is 1. The average Bonchev–Trinajstić information content (AvgIpc) is 3.21. The molecule has 0 radical (unpaired) electrons. The molecule has 144 valence electrons. The lowest BCUT2D eigenvalue weighted by molar-refractivity contribution is -0.131. The van der Waals surface area contributed by atoms with Gasteiger partial charge in [0.15, 0.2) is 5.58 Å². The molecule has 1 fully saturated rings. The first-order chi connectivity index (χ1) is 13.5. The van der Waals surface area contributed by atoms with Crippen molar-refractivity contribution >= 4 is 23.0 Å². The van der Waals surface area contributed by atoms with Gasteiger partial charge in [0.1, 0.15) is 23.3 Å². The quantitative estimate of drug-likeness (QED) is 0.665. The van der Waals surface area contributed by atoms with Gasteiger partial charge in [0.25, 0.3) is 5.91 Å². The highest BCUT2D eigenvalue weighted by molar-refractivity contribution is 6.06. The van der Waals surface area contributed by atoms with E-state index in [2.05, 4.69) is 10.3 Å². The number of hydrogen-bond donors (Lipinski definition) is 1. The summed E-state index contributed by atoms with van der Waals surface area (Å²) in [6.45, 7) is 1.76. The summed E-state index contributed by atoms with van der Waals surface area (Å²) in [6.07, 6.45) is 1.15. The fourth-order valence-corrected chi connectivity index (χ4v) is 3.37. The van der Waals surface area contributed by atoms with Crippen molar-refractivity contribution in [3.8, 4) is 5.75 Å². The van der Waals surface area contributed by atoms with E-state index in [4.69, 9.17) is 9.15 Å². The van der Waals surface area contributed by atoms with Crippen molar-refractivity contribution in [2.24, 2.45) is 0 Å². The Kier molecular flexibility index (Phi) is 4.50. The van der Waals surface area contributed by atoms with Crippen LogP contribution in [0.15, 0.2) is 52.9 Å². The molecule has 1 aromatic heterocycles. The van der Waals surface area contributed by atoms with Crippen LogP contribution in [0, 0.1) is 0 Å². The summed E-state index contributed by atoms with van der Waals surface area (Å²) in [7, 11) is 1.62. The van der Waals surface area contributed by atoms with Crippen molar-refractivity contribution in [3.63, 3.8) is 0 Å². The molecular weight excluding hydrogens is 358 g/mol. The minimum Gasteiger partial charge on any atom is -0.497 e. The summed E-state index contributed by atoms with van der Waals surface area (Å²) < 4.78 is 10.8. The Morgan fingerprint density at radius 3 is 2.61 bits per heavy atom. The average molecular weight is 379 g/mol. The van der Waals surface area contributed by atoms with Crippen LogP contribution in [0.1, 0.15) is 24.8 Å². The van der Waals surface area contributed by atoms with Crippen LogP contribution in [0.2, 0.25) is 0 Å². The number of imide groups is 1. The number of ether oxygens (including phenoxy) is 1. The van der Waals surface area contributed by atoms with Crippen molar-refractivity contribution in [1.82, 2.24) is 15.2 Å². The lowest BCUT2D eigenvalue weighted by Gasteiger charge is -2.21. The molecular formula is C21H21N3O4. The zero-order valence-corrected chi connectivity index (χ0v) is 15.8. The summed E-state index contributed by atoms with van der Waals surface area (Å²) in [5.74, 6) is 0.849. The molecule has 3 aromatic rings. The van der Waals surface area contributed by atoms with Crippen LogP contribution in [0.4, 0.5) is 4.79 Å². The fourth-order valence-electron chi connectivity index (χ4n) is 3.37. The SMILES string of the molecule is COc1ccc(CC[C@]2(C)NC(=O)N(Cc3nc4ccccc4o3)C2=O)cc1. The zero-order chi connectivity index (χ0) is 19.7. The number of rotatable bonds is 6. The van der Waals surface area contributed by atoms with E-state index in [0.29, 0.717) is 29.8 Å². The lowest BCUT2D eigenvalue weighted by atomic mass is 9.93. The Morgan fingerprint density at radius 2 is 1.89 bits per heavy atom. The molecule has 1 N–H and O–H groups in total. The largest absolute Gasteiger partial charge is 0.497 e. The highest BCUT2D eigenvalue weighted by Gasteiger charge is 2.47. The minimum absolute atomic E-state index is 0.0114. The first kappa shape index (κ1) is 18.0. The van der Waals surface area contributed by atoms with Gasteiger partial charge in [-0.2, -0.15) is 0 Å². The smallest absolute Gasteiger partial charge is 0.325 e. The number of carbonyl (C=O) groups is 2. The van der Waals surface area contributed by atoms with E-state index in [9.17, 15) is 9.59 Å². The van der Waals surface area contributed by atoms with Gasteiger partial charge in [0.05, 0.1) is 7.11 Å². The van der Waals surface area contributed by atoms with E-state index < -0.39 is 11.6 Å². The van der Waals surface area contributed by atoms with Gasteiger partial charge in [-0.05, 0) is 49.6 Å². The lowest BCUT2D eigenvalue weighted by Crippen LogP contribution is -2.44. The van der Waals surface area contributed by atoms with Crippen LogP contribution in [0.5, 0.6) is 5.75 Å². The number of carbonyl (C=O) groups excluding carboxylic acids is 2. The molecule has 0 aliphatic carbocycles. The molecule has 3 amide bonds. The predicted molar refractivity (Wildman–Crippen MR) is 103 cm³/mol. The van der Waals surface area contributed by atoms with Gasteiger partial charge in [-0.1, -0.05) is 24.3 Å². The summed E-state index contributed by atoms with van der Waals surface area (Å²) in [5.41, 5.74) is 1.45. The molecule has 2 aromatic carbocycles. The second kappa shape index (κ2) is 6.99. The van der Waals surface area contributed by atoms with Crippen LogP contribution in [-0.2, 0) is 17.8 Å². The maximum atomic E-state index is 12.9. The molecule has 1 aliphatic heterocycles. The molecule has 0 saturated carbocycles. The molecule has 1 saturated heterocycles. The van der Waals surface area contributed by atoms with E-state index in [1.54, 1.807) is 20.1 Å². The van der Waals surface area contributed by atoms with Gasteiger partial charge in [-0.3, -0.25) is 9.69 Å². The monoisotopic (exact) mass is 379 g/mol. The second-order valence-electron chi connectivity index (χ2n) is 7.08. The number of para-hydroxylation sites is 2. The number of urea groups is 1. The zero-order valence-electron chi connectivity index (χ0n) is 15.8. The number of hydrogen-bond acceptors (Lipinski definition) is 5. The number of methoxy groups -OCH3 is 1. The predicted octanol–water partition coefficient (Wildman–Crippen LogP) is 3.28. The number of nitrogens with zero attached hydrogens (tertiary/aromatic N) is 2. The molecule has 28 heavy (non-hydrogen) atoms. The van der Waals surface area contributed by atoms with E-state index in [1.807, 2.05) is 42.5 Å². The fraction of sp³-hybridized carbons (Fsp3) is 0.286. The summed E-state index contributed by atoms with van der Waals surface area (Å²) >= 11 is 0. The minimum atomic E-state index is -0.955. The third-order valence-corrected chi connectivity index (χ3v) is 5.05. The highest BCUT2D eigenvalue weighted by atomic mass is 16.5. The van der Waals surface area contributed by atoms with Crippen LogP contribution < -0.4 is 10.1 Å². The van der Waals surface area contributed by atoms with Crippen LogP contribution in [0.3, 0.4) is 0 Å². The van der Waals surface area contributed by atoms with Crippen molar-refractivity contribution in [2.75, 3.05) is 7.11 Å². The van der Waals surface area contributed by atoms with Gasteiger partial charge < -0.3 is 14.5 Å². The van der Waals surface area contributed by atoms with Gasteiger partial charge in [0, 0.05) is 0 Å². The van der Waals surface area contributed by atoms with Gasteiger partial charge in [-0.15, -0.1) is 0 Å². The second-order valence-corrected chi connectivity index (χ2v) is 7.08. The van der Waals surface area contributed by atoms with E-state index >= 15 is 0 Å². The maximum absolute atomic E-state index is 12.9. The molecule has 0 spiro atoms. The Labute approximate surface area is 162 Å². The molecule has 2 heterocycles. The molecule has 1 atom stereocenters. The number of aryl methyl sites for hydroxylation is 1. The van der Waals surface area contributed by atoms with E-state index in [-0.39, 0.29) is 12.5 Å². The van der Waals surface area contributed by atoms with Crippen molar-refractivity contribution in [3.05, 3.63) is 60.0 Å². The normalized spacial score (nSPS) is 19.3. The highest BCUT2D eigenvalue weighted by Crippen LogP contribution is 2.26. The summed E-state index contributed by atoms with van der Waals surface area (Å²) in [5, 5.41) is 2.82. The molecule has 7 nitrogen and oxygen atoms in total. The number of oxazole rings is 1. The third kappa shape index (κ3) is 3.31. The number of benzene rings is 2. The summed E-state index contributed by atoms with van der Waals surface area (Å²) in [4.78, 5) is 30.9. The maximum Gasteiger partial charge on any atom is 0.325 e. The Morgan fingerprint density at radius 1 is 1.14 bits per heavy atom. The summed E-state index contributed by atoms with van der Waals surface area (Å²) in [6, 6.07) is 14.6. The van der Waals surface area contributed by atoms with Gasteiger partial charge in [-0.25, -0.2) is 9.78 Å². The van der Waals surface area contributed by atoms with Crippen molar-refractivity contribution in [1.29, 1.82) is 0 Å². The van der Waals surface area contributed by atoms with Crippen LogP contribution >= 0.6 is 0 Å². The van der Waals surface area contributed by atoms with Crippen LogP contribution in [0.25, 0.3) is 11.1 Å². The first-order valence-electron chi connectivity index (χ1n) is 9.10. The number of fused-ring (bicyclic) bond motifs is 1. The van der Waals surface area contributed by atoms with Gasteiger partial charge >= 0.3 is 6.03 Å². The molecule has 0 bridgehead atoms. The molecule has 1 aliphatic rings. The number of amides is 3. The van der Waals surface area contributed by atoms with Crippen LogP contribution in [-0.4, -0.2) is 34.5 Å². The van der Waals surface area contributed by atoms with Crippen molar-refractivity contribution < 1.29 is 18.7 Å². The molecule has 0 unspecified atom stereocenters. The van der Waals surface area contributed by atoms with E-state index in [1.165, 1.54) is 4.90 Å². The Bertz CT molecular complexity index is 995. The topological polar surface area (TPSA) is 84.7 Å². The Balaban J connectivity index is 1.45. The number of nitrogens with one attached hydrogen (secondary N) is 1. The molecule has 7 heteroatoms.